The first-order chi connectivity index (χ1) is 16.0. The van der Waals surface area contributed by atoms with E-state index in [4.69, 9.17) is 14.0 Å². The van der Waals surface area contributed by atoms with Crippen LogP contribution in [0.4, 0.5) is 5.69 Å². The summed E-state index contributed by atoms with van der Waals surface area (Å²) in [5, 5.41) is 4.03. The Hall–Kier alpha value is -4.14. The van der Waals surface area contributed by atoms with Crippen LogP contribution in [0.2, 0.25) is 0 Å². The highest BCUT2D eigenvalue weighted by molar-refractivity contribution is 6.15. The summed E-state index contributed by atoms with van der Waals surface area (Å²) in [6.07, 6.45) is 0.278. The van der Waals surface area contributed by atoms with Crippen LogP contribution in [0.3, 0.4) is 0 Å². The summed E-state index contributed by atoms with van der Waals surface area (Å²) in [7, 11) is 3.10. The Morgan fingerprint density at radius 2 is 1.91 bits per heavy atom. The van der Waals surface area contributed by atoms with Gasteiger partial charge in [-0.15, -0.1) is 0 Å². The number of benzene rings is 2. The van der Waals surface area contributed by atoms with Gasteiger partial charge in [0.15, 0.2) is 12.4 Å². The lowest BCUT2D eigenvalue weighted by Gasteiger charge is -2.46. The van der Waals surface area contributed by atoms with E-state index in [1.165, 1.54) is 16.8 Å². The number of para-hydroxylation sites is 1. The highest BCUT2D eigenvalue weighted by Gasteiger charge is 2.60. The molecule has 0 spiro atoms. The lowest BCUT2D eigenvalue weighted by atomic mass is 9.97. The van der Waals surface area contributed by atoms with Crippen molar-refractivity contribution in [2.75, 3.05) is 19.1 Å². The zero-order valence-electron chi connectivity index (χ0n) is 18.1. The molecule has 3 heterocycles. The van der Waals surface area contributed by atoms with E-state index in [-0.39, 0.29) is 31.3 Å². The number of hydrogen-bond acceptors (Lipinski definition) is 7. The largest absolute Gasteiger partial charge is 0.497 e. The Morgan fingerprint density at radius 1 is 1.15 bits per heavy atom. The van der Waals surface area contributed by atoms with E-state index in [9.17, 15) is 14.4 Å². The smallest absolute Gasteiger partial charge is 0.354 e. The minimum atomic E-state index is -1.53. The Morgan fingerprint density at radius 3 is 2.67 bits per heavy atom. The van der Waals surface area contributed by atoms with Crippen molar-refractivity contribution < 1.29 is 28.4 Å². The third-order valence-electron chi connectivity index (χ3n) is 6.16. The van der Waals surface area contributed by atoms with E-state index >= 15 is 0 Å². The van der Waals surface area contributed by atoms with Gasteiger partial charge in [0.2, 0.25) is 11.6 Å². The van der Waals surface area contributed by atoms with E-state index in [1.54, 1.807) is 37.4 Å². The third-order valence-corrected chi connectivity index (χ3v) is 6.16. The minimum absolute atomic E-state index is 0.130. The number of rotatable bonds is 5. The lowest BCUT2D eigenvalue weighted by Crippen LogP contribution is -2.67. The second kappa shape index (κ2) is 7.77. The molecule has 1 aromatic heterocycles. The fourth-order valence-corrected chi connectivity index (χ4v) is 4.42. The SMILES string of the molecule is COc1ccc(-c2cc(COC(=O)[C@@]34CCC(=O)N3c3ccccc3C(=O)N4C)on2)cc1. The van der Waals surface area contributed by atoms with Gasteiger partial charge in [-0.05, 0) is 36.4 Å². The van der Waals surface area contributed by atoms with Gasteiger partial charge in [-0.1, -0.05) is 17.3 Å². The van der Waals surface area contributed by atoms with E-state index in [0.29, 0.717) is 22.7 Å². The first-order valence-corrected chi connectivity index (χ1v) is 10.4. The number of carbonyl (C=O) groups excluding carboxylic acids is 3. The summed E-state index contributed by atoms with van der Waals surface area (Å²) in [6, 6.07) is 15.7. The van der Waals surface area contributed by atoms with Gasteiger partial charge < -0.3 is 18.9 Å². The van der Waals surface area contributed by atoms with E-state index in [1.807, 2.05) is 24.3 Å². The van der Waals surface area contributed by atoms with Crippen LogP contribution >= 0.6 is 0 Å². The number of methoxy groups -OCH3 is 1. The number of fused-ring (bicyclic) bond motifs is 3. The molecule has 168 valence electrons. The average molecular weight is 447 g/mol. The number of esters is 1. The molecule has 9 heteroatoms. The molecule has 2 aliphatic rings. The van der Waals surface area contributed by atoms with Crippen LogP contribution in [0.5, 0.6) is 5.75 Å². The van der Waals surface area contributed by atoms with E-state index in [0.717, 1.165) is 11.3 Å². The number of hydrogen-bond donors (Lipinski definition) is 0. The summed E-state index contributed by atoms with van der Waals surface area (Å²) in [5.74, 6) is -0.207. The molecule has 1 saturated heterocycles. The van der Waals surface area contributed by atoms with Crippen molar-refractivity contribution in [2.45, 2.75) is 25.1 Å². The molecule has 2 aliphatic heterocycles. The van der Waals surface area contributed by atoms with Gasteiger partial charge in [0, 0.05) is 31.5 Å². The molecular weight excluding hydrogens is 426 g/mol. The maximum Gasteiger partial charge on any atom is 0.354 e. The monoisotopic (exact) mass is 447 g/mol. The van der Waals surface area contributed by atoms with Crippen molar-refractivity contribution in [3.8, 4) is 17.0 Å². The van der Waals surface area contributed by atoms with Gasteiger partial charge in [-0.25, -0.2) is 4.79 Å². The first-order valence-electron chi connectivity index (χ1n) is 10.4. The summed E-state index contributed by atoms with van der Waals surface area (Å²) in [4.78, 5) is 41.8. The average Bonchev–Trinajstić information content (AvgIpc) is 3.46. The van der Waals surface area contributed by atoms with Crippen LogP contribution in [-0.4, -0.2) is 47.7 Å². The quantitative estimate of drug-likeness (QED) is 0.554. The van der Waals surface area contributed by atoms with Crippen LogP contribution in [-0.2, 0) is 20.9 Å². The molecule has 1 fully saturated rings. The molecule has 2 amide bonds. The number of amides is 2. The highest BCUT2D eigenvalue weighted by atomic mass is 16.6. The summed E-state index contributed by atoms with van der Waals surface area (Å²) in [6.45, 7) is -0.185. The number of nitrogens with zero attached hydrogens (tertiary/aromatic N) is 3. The van der Waals surface area contributed by atoms with Gasteiger partial charge in [0.1, 0.15) is 11.4 Å². The van der Waals surface area contributed by atoms with Crippen LogP contribution in [0.15, 0.2) is 59.1 Å². The Bertz CT molecular complexity index is 1250. The van der Waals surface area contributed by atoms with Gasteiger partial charge >= 0.3 is 5.97 Å². The molecule has 0 N–H and O–H groups in total. The number of ether oxygens (including phenoxy) is 2. The van der Waals surface area contributed by atoms with E-state index in [2.05, 4.69) is 5.16 Å². The highest BCUT2D eigenvalue weighted by Crippen LogP contribution is 2.44. The molecule has 0 bridgehead atoms. The predicted octanol–water partition coefficient (Wildman–Crippen LogP) is 3.00. The molecule has 3 aromatic rings. The maximum atomic E-state index is 13.3. The molecule has 0 aliphatic carbocycles. The number of anilines is 1. The molecule has 9 nitrogen and oxygen atoms in total. The summed E-state index contributed by atoms with van der Waals surface area (Å²) in [5.41, 5.74) is 0.664. The van der Waals surface area contributed by atoms with Gasteiger partial charge in [0.25, 0.3) is 5.91 Å². The zero-order valence-corrected chi connectivity index (χ0v) is 18.1. The maximum absolute atomic E-state index is 13.3. The second-order valence-electron chi connectivity index (χ2n) is 7.91. The summed E-state index contributed by atoms with van der Waals surface area (Å²) >= 11 is 0. The normalized spacial score (nSPS) is 19.3. The fourth-order valence-electron chi connectivity index (χ4n) is 4.42. The summed E-state index contributed by atoms with van der Waals surface area (Å²) < 4.78 is 16.0. The van der Waals surface area contributed by atoms with Crippen molar-refractivity contribution in [2.24, 2.45) is 0 Å². The molecule has 0 radical (unpaired) electrons. The minimum Gasteiger partial charge on any atom is -0.497 e. The van der Waals surface area contributed by atoms with Gasteiger partial charge in [0.05, 0.1) is 18.4 Å². The van der Waals surface area contributed by atoms with Crippen molar-refractivity contribution in [3.05, 3.63) is 65.9 Å². The molecule has 1 atom stereocenters. The molecule has 5 rings (SSSR count). The number of aromatic nitrogens is 1. The molecule has 2 aromatic carbocycles. The van der Waals surface area contributed by atoms with Crippen LogP contribution in [0.1, 0.15) is 29.0 Å². The number of likely N-dealkylation sites (N-methyl/N-ethyl adjacent to an activating group) is 1. The topological polar surface area (TPSA) is 102 Å². The van der Waals surface area contributed by atoms with Crippen LogP contribution in [0.25, 0.3) is 11.3 Å². The third kappa shape index (κ3) is 3.15. The Labute approximate surface area is 189 Å². The van der Waals surface area contributed by atoms with Crippen LogP contribution in [0, 0.1) is 0 Å². The Kier molecular flexibility index (Phi) is 4.88. The van der Waals surface area contributed by atoms with Crippen molar-refractivity contribution in [1.82, 2.24) is 10.1 Å². The Balaban J connectivity index is 1.38. The second-order valence-corrected chi connectivity index (χ2v) is 7.91. The fraction of sp³-hybridized carbons (Fsp3) is 0.250. The predicted molar refractivity (Wildman–Crippen MR) is 116 cm³/mol. The lowest BCUT2D eigenvalue weighted by molar-refractivity contribution is -0.158. The standard InChI is InChI=1S/C24H21N3O6/c1-26-22(29)18-5-3-4-6-20(18)27-21(28)11-12-24(26,27)23(30)32-14-17-13-19(25-33-17)15-7-9-16(31-2)10-8-15/h3-10,13H,11-12,14H2,1-2H3/t24-/m1/s1. The van der Waals surface area contributed by atoms with Gasteiger partial charge in [-0.3, -0.25) is 14.5 Å². The molecular formula is C24H21N3O6. The first kappa shape index (κ1) is 20.7. The zero-order chi connectivity index (χ0) is 23.2. The van der Waals surface area contributed by atoms with Crippen molar-refractivity contribution >= 4 is 23.5 Å². The van der Waals surface area contributed by atoms with Crippen molar-refractivity contribution in [3.63, 3.8) is 0 Å². The van der Waals surface area contributed by atoms with Crippen molar-refractivity contribution in [1.29, 1.82) is 0 Å². The molecule has 33 heavy (non-hydrogen) atoms. The van der Waals surface area contributed by atoms with Gasteiger partial charge in [-0.2, -0.15) is 0 Å². The molecule has 0 unspecified atom stereocenters. The molecule has 0 saturated carbocycles. The number of carbonyl (C=O) groups is 3. The van der Waals surface area contributed by atoms with Crippen LogP contribution < -0.4 is 9.64 Å². The van der Waals surface area contributed by atoms with E-state index < -0.39 is 11.6 Å².